The van der Waals surface area contributed by atoms with Gasteiger partial charge in [-0.3, -0.25) is 4.98 Å². The van der Waals surface area contributed by atoms with Gasteiger partial charge < -0.3 is 10.5 Å². The highest BCUT2D eigenvalue weighted by molar-refractivity contribution is 5.42. The van der Waals surface area contributed by atoms with Crippen LogP contribution in [0.4, 0.5) is 5.69 Å². The van der Waals surface area contributed by atoms with Crippen molar-refractivity contribution in [2.45, 2.75) is 13.5 Å². The van der Waals surface area contributed by atoms with Crippen LogP contribution in [0, 0.1) is 6.20 Å². The van der Waals surface area contributed by atoms with E-state index in [0.29, 0.717) is 18.9 Å². The Balaban J connectivity index is 2.62. The molecule has 3 nitrogen and oxygen atoms in total. The van der Waals surface area contributed by atoms with Gasteiger partial charge in [0.25, 0.3) is 0 Å². The Hall–Kier alpha value is -1.09. The van der Waals surface area contributed by atoms with E-state index in [0.717, 1.165) is 5.56 Å². The number of rotatable bonds is 3. The van der Waals surface area contributed by atoms with Gasteiger partial charge in [0.2, 0.25) is 0 Å². The number of aromatic nitrogens is 1. The molecule has 1 heterocycles. The molecule has 1 rings (SSSR count). The topological polar surface area (TPSA) is 48.1 Å². The fourth-order valence-electron chi connectivity index (χ4n) is 0.734. The normalized spacial score (nSPS) is 9.91. The quantitative estimate of drug-likeness (QED) is 0.701. The van der Waals surface area contributed by atoms with Gasteiger partial charge in [0.15, 0.2) is 0 Å². The molecule has 0 aliphatic heterocycles. The molecule has 1 aromatic rings. The van der Waals surface area contributed by atoms with Crippen molar-refractivity contribution in [2.75, 3.05) is 12.3 Å². The van der Waals surface area contributed by atoms with E-state index in [-0.39, 0.29) is 0 Å². The third-order valence-corrected chi connectivity index (χ3v) is 1.34. The van der Waals surface area contributed by atoms with Crippen molar-refractivity contribution >= 4 is 5.69 Å². The predicted octanol–water partition coefficient (Wildman–Crippen LogP) is 1.00. The second-order valence-electron chi connectivity index (χ2n) is 2.13. The van der Waals surface area contributed by atoms with Crippen molar-refractivity contribution in [3.63, 3.8) is 0 Å². The molecule has 0 unspecified atom stereocenters. The minimum atomic E-state index is 0.543. The van der Waals surface area contributed by atoms with Crippen LogP contribution < -0.4 is 5.73 Å². The molecule has 0 aromatic carbocycles. The molecule has 1 aromatic heterocycles. The van der Waals surface area contributed by atoms with Crippen molar-refractivity contribution in [1.82, 2.24) is 4.98 Å². The Labute approximate surface area is 66.2 Å². The number of ether oxygens (including phenoxy) is 1. The monoisotopic (exact) mass is 151 g/mol. The molecule has 3 heteroatoms. The summed E-state index contributed by atoms with van der Waals surface area (Å²) < 4.78 is 5.17. The Morgan fingerprint density at radius 2 is 2.55 bits per heavy atom. The maximum atomic E-state index is 5.56. The molecule has 0 fully saturated rings. The van der Waals surface area contributed by atoms with Crippen LogP contribution in [-0.4, -0.2) is 11.6 Å². The molecule has 59 valence electrons. The van der Waals surface area contributed by atoms with E-state index in [4.69, 9.17) is 10.5 Å². The molecule has 0 amide bonds. The van der Waals surface area contributed by atoms with Gasteiger partial charge in [-0.2, -0.15) is 0 Å². The average Bonchev–Trinajstić information content (AvgIpc) is 2.03. The van der Waals surface area contributed by atoms with E-state index in [1.807, 2.05) is 13.0 Å². The minimum absolute atomic E-state index is 0.543. The van der Waals surface area contributed by atoms with Crippen molar-refractivity contribution in [1.29, 1.82) is 0 Å². The van der Waals surface area contributed by atoms with E-state index < -0.39 is 0 Å². The van der Waals surface area contributed by atoms with Crippen molar-refractivity contribution in [3.8, 4) is 0 Å². The first kappa shape index (κ1) is 8.01. The molecule has 0 atom stereocenters. The van der Waals surface area contributed by atoms with Gasteiger partial charge in [-0.1, -0.05) is 0 Å². The second kappa shape index (κ2) is 3.93. The molecule has 0 spiro atoms. The summed E-state index contributed by atoms with van der Waals surface area (Å²) in [6.45, 7) is 3.18. The first-order valence-electron chi connectivity index (χ1n) is 3.53. The number of nitrogen functional groups attached to an aromatic ring is 1. The fraction of sp³-hybridized carbons (Fsp3) is 0.375. The van der Waals surface area contributed by atoms with Crippen LogP contribution in [0.1, 0.15) is 12.5 Å². The summed E-state index contributed by atoms with van der Waals surface area (Å²) in [6.07, 6.45) is 4.31. The predicted molar refractivity (Wildman–Crippen MR) is 42.8 cm³/mol. The summed E-state index contributed by atoms with van der Waals surface area (Å²) >= 11 is 0. The second-order valence-corrected chi connectivity index (χ2v) is 2.13. The molecular weight excluding hydrogens is 140 g/mol. The van der Waals surface area contributed by atoms with E-state index in [9.17, 15) is 0 Å². The zero-order valence-corrected chi connectivity index (χ0v) is 6.50. The highest BCUT2D eigenvalue weighted by atomic mass is 16.5. The number of pyridine rings is 1. The highest BCUT2D eigenvalue weighted by Crippen LogP contribution is 2.08. The lowest BCUT2D eigenvalue weighted by Gasteiger charge is -2.02. The van der Waals surface area contributed by atoms with Crippen molar-refractivity contribution in [2.24, 2.45) is 0 Å². The maximum absolute atomic E-state index is 5.56. The van der Waals surface area contributed by atoms with Crippen LogP contribution >= 0.6 is 0 Å². The molecule has 1 radical (unpaired) electrons. The Morgan fingerprint density at radius 1 is 1.73 bits per heavy atom. The summed E-state index contributed by atoms with van der Waals surface area (Å²) in [6, 6.07) is 1.83. The zero-order valence-electron chi connectivity index (χ0n) is 6.50. The molecular formula is C8H11N2O. The third-order valence-electron chi connectivity index (χ3n) is 1.34. The minimum Gasteiger partial charge on any atom is -0.397 e. The fourth-order valence-corrected chi connectivity index (χ4v) is 0.734. The van der Waals surface area contributed by atoms with Gasteiger partial charge in [-0.05, 0) is 13.0 Å². The largest absolute Gasteiger partial charge is 0.397 e. The number of nitrogens with two attached hydrogens (primary N) is 1. The third kappa shape index (κ3) is 2.20. The van der Waals surface area contributed by atoms with Gasteiger partial charge in [-0.25, -0.2) is 0 Å². The first-order valence-corrected chi connectivity index (χ1v) is 3.53. The van der Waals surface area contributed by atoms with Crippen LogP contribution in [0.5, 0.6) is 0 Å². The summed E-state index contributed by atoms with van der Waals surface area (Å²) in [5.41, 5.74) is 7.08. The van der Waals surface area contributed by atoms with Crippen molar-refractivity contribution in [3.05, 3.63) is 24.0 Å². The van der Waals surface area contributed by atoms with Crippen LogP contribution in [0.3, 0.4) is 0 Å². The van der Waals surface area contributed by atoms with E-state index in [1.165, 1.54) is 0 Å². The number of hydrogen-bond acceptors (Lipinski definition) is 3. The molecule has 0 aliphatic carbocycles. The molecule has 11 heavy (non-hydrogen) atoms. The lowest BCUT2D eigenvalue weighted by atomic mass is 10.2. The van der Waals surface area contributed by atoms with E-state index in [1.54, 1.807) is 6.20 Å². The Bertz CT molecular complexity index is 225. The molecule has 0 saturated heterocycles. The van der Waals surface area contributed by atoms with Gasteiger partial charge in [0.1, 0.15) is 6.20 Å². The Morgan fingerprint density at radius 3 is 3.18 bits per heavy atom. The lowest BCUT2D eigenvalue weighted by molar-refractivity contribution is 0.134. The number of nitrogens with zero attached hydrogens (tertiary/aromatic N) is 1. The standard InChI is InChI=1S/C8H11N2O/c1-2-11-6-7-3-4-10-5-8(7)9/h3-4H,2,6,9H2,1H3. The highest BCUT2D eigenvalue weighted by Gasteiger charge is 1.96. The summed E-state index contributed by atoms with van der Waals surface area (Å²) in [7, 11) is 0. The summed E-state index contributed by atoms with van der Waals surface area (Å²) in [4.78, 5) is 3.75. The van der Waals surface area contributed by atoms with Crippen LogP contribution in [-0.2, 0) is 11.3 Å². The van der Waals surface area contributed by atoms with Gasteiger partial charge in [-0.15, -0.1) is 0 Å². The SMILES string of the molecule is CCOCc1ccn[c]c1N. The van der Waals surface area contributed by atoms with E-state index >= 15 is 0 Å². The zero-order chi connectivity index (χ0) is 8.10. The van der Waals surface area contributed by atoms with Crippen LogP contribution in [0.25, 0.3) is 0 Å². The summed E-state index contributed by atoms with van der Waals surface area (Å²) in [5, 5.41) is 0. The first-order chi connectivity index (χ1) is 5.34. The van der Waals surface area contributed by atoms with E-state index in [2.05, 4.69) is 11.2 Å². The lowest BCUT2D eigenvalue weighted by Crippen LogP contribution is -1.98. The number of anilines is 1. The molecule has 0 bridgehead atoms. The average molecular weight is 151 g/mol. The number of hydrogen-bond donors (Lipinski definition) is 1. The maximum Gasteiger partial charge on any atom is 0.114 e. The summed E-state index contributed by atoms with van der Waals surface area (Å²) in [5.74, 6) is 0. The van der Waals surface area contributed by atoms with Crippen molar-refractivity contribution < 1.29 is 4.74 Å². The Kier molecular flexibility index (Phi) is 2.86. The smallest absolute Gasteiger partial charge is 0.114 e. The van der Waals surface area contributed by atoms with Crippen LogP contribution in [0.2, 0.25) is 0 Å². The molecule has 0 saturated carbocycles. The van der Waals surface area contributed by atoms with Gasteiger partial charge >= 0.3 is 0 Å². The van der Waals surface area contributed by atoms with Gasteiger partial charge in [0, 0.05) is 18.4 Å². The molecule has 0 aliphatic rings. The van der Waals surface area contributed by atoms with Crippen LogP contribution in [0.15, 0.2) is 12.3 Å². The molecule has 2 N–H and O–H groups in total. The van der Waals surface area contributed by atoms with Gasteiger partial charge in [0.05, 0.1) is 12.3 Å².